The van der Waals surface area contributed by atoms with Gasteiger partial charge in [0.2, 0.25) is 0 Å². The molecule has 1 aromatic rings. The maximum Gasteiger partial charge on any atom is 0.306 e. The summed E-state index contributed by atoms with van der Waals surface area (Å²) in [6.07, 6.45) is -3.69. The van der Waals surface area contributed by atoms with Gasteiger partial charge in [0.15, 0.2) is 11.5 Å². The van der Waals surface area contributed by atoms with Crippen molar-refractivity contribution in [1.82, 2.24) is 4.90 Å². The third-order valence-corrected chi connectivity index (χ3v) is 3.22. The highest BCUT2D eigenvalue weighted by Crippen LogP contribution is 2.26. The van der Waals surface area contributed by atoms with Crippen LogP contribution in [0.25, 0.3) is 0 Å². The zero-order valence-electron chi connectivity index (χ0n) is 12.2. The Labute approximate surface area is 125 Å². The number of rotatable bonds is 4. The van der Waals surface area contributed by atoms with Crippen molar-refractivity contribution >= 4 is 11.9 Å². The molecule has 1 unspecified atom stereocenters. The minimum atomic E-state index is -2.79. The van der Waals surface area contributed by atoms with Crippen LogP contribution in [0.4, 0.5) is 8.78 Å². The molecule has 6 nitrogen and oxygen atoms in total. The first kappa shape index (κ1) is 16.4. The largest absolute Gasteiger partial charge is 0.481 e. The number of nitrogens with zero attached hydrogens (tertiary/aromatic N) is 1. The zero-order valence-corrected chi connectivity index (χ0v) is 12.2. The van der Waals surface area contributed by atoms with Crippen LogP contribution in [0.1, 0.15) is 43.0 Å². The molecule has 1 aliphatic rings. The lowest BCUT2D eigenvalue weighted by molar-refractivity contribution is -0.154. The average molecular weight is 317 g/mol. The van der Waals surface area contributed by atoms with Crippen molar-refractivity contribution in [2.75, 3.05) is 13.1 Å². The highest BCUT2D eigenvalue weighted by molar-refractivity contribution is 5.91. The quantitative estimate of drug-likeness (QED) is 0.922. The van der Waals surface area contributed by atoms with Gasteiger partial charge in [-0.15, -0.1) is 0 Å². The van der Waals surface area contributed by atoms with E-state index in [1.54, 1.807) is 13.8 Å². The third kappa shape index (κ3) is 3.82. The van der Waals surface area contributed by atoms with Gasteiger partial charge in [0.05, 0.1) is 18.1 Å². The molecular formula is C14H17F2NO5. The monoisotopic (exact) mass is 317 g/mol. The molecule has 0 saturated carbocycles. The fourth-order valence-electron chi connectivity index (χ4n) is 2.49. The first-order valence-corrected chi connectivity index (χ1v) is 6.75. The topological polar surface area (TPSA) is 80.0 Å². The molecule has 1 atom stereocenters. The van der Waals surface area contributed by atoms with Crippen molar-refractivity contribution in [3.8, 4) is 0 Å². The summed E-state index contributed by atoms with van der Waals surface area (Å²) in [5.41, 5.74) is -0.730. The molecule has 0 radical (unpaired) electrons. The number of hydrogen-bond donors (Lipinski definition) is 1. The fraction of sp³-hybridized carbons (Fsp3) is 0.571. The van der Waals surface area contributed by atoms with Gasteiger partial charge in [0, 0.05) is 13.1 Å². The summed E-state index contributed by atoms with van der Waals surface area (Å²) < 4.78 is 35.5. The van der Waals surface area contributed by atoms with Gasteiger partial charge in [-0.2, -0.15) is 0 Å². The van der Waals surface area contributed by atoms with Gasteiger partial charge in [-0.3, -0.25) is 9.59 Å². The van der Waals surface area contributed by atoms with Crippen LogP contribution in [0, 0.1) is 0 Å². The van der Waals surface area contributed by atoms with Crippen molar-refractivity contribution in [2.45, 2.75) is 38.4 Å². The lowest BCUT2D eigenvalue weighted by Gasteiger charge is -2.42. The van der Waals surface area contributed by atoms with Crippen LogP contribution in [0.3, 0.4) is 0 Å². The van der Waals surface area contributed by atoms with Crippen LogP contribution >= 0.6 is 0 Å². The summed E-state index contributed by atoms with van der Waals surface area (Å²) >= 11 is 0. The molecule has 1 amide bonds. The van der Waals surface area contributed by atoms with Crippen molar-refractivity contribution in [1.29, 1.82) is 0 Å². The second-order valence-electron chi connectivity index (χ2n) is 5.79. The van der Waals surface area contributed by atoms with Crippen LogP contribution in [0.2, 0.25) is 0 Å². The first-order valence-electron chi connectivity index (χ1n) is 6.75. The number of morpholine rings is 1. The summed E-state index contributed by atoms with van der Waals surface area (Å²) in [5.74, 6) is -2.35. The SMILES string of the molecule is CC1(C)CN(C(=O)c2ccc(C(F)F)o2)CC(CC(=O)O)O1. The van der Waals surface area contributed by atoms with E-state index in [0.29, 0.717) is 0 Å². The second kappa shape index (κ2) is 6.04. The van der Waals surface area contributed by atoms with Gasteiger partial charge >= 0.3 is 5.97 Å². The van der Waals surface area contributed by atoms with Gasteiger partial charge in [-0.25, -0.2) is 8.78 Å². The van der Waals surface area contributed by atoms with E-state index in [-0.39, 0.29) is 25.3 Å². The van der Waals surface area contributed by atoms with Crippen LogP contribution in [0.15, 0.2) is 16.5 Å². The molecule has 2 heterocycles. The van der Waals surface area contributed by atoms with Crippen molar-refractivity contribution in [3.05, 3.63) is 23.7 Å². The van der Waals surface area contributed by atoms with Crippen LogP contribution in [-0.4, -0.2) is 46.7 Å². The maximum absolute atomic E-state index is 12.5. The number of amides is 1. The maximum atomic E-state index is 12.5. The summed E-state index contributed by atoms with van der Waals surface area (Å²) in [7, 11) is 0. The van der Waals surface area contributed by atoms with Crippen molar-refractivity contribution in [3.63, 3.8) is 0 Å². The Bertz CT molecular complexity index is 569. The molecule has 0 aliphatic carbocycles. The molecule has 0 bridgehead atoms. The number of ether oxygens (including phenoxy) is 1. The number of carbonyl (C=O) groups excluding carboxylic acids is 1. The highest BCUT2D eigenvalue weighted by Gasteiger charge is 2.37. The molecule has 22 heavy (non-hydrogen) atoms. The van der Waals surface area contributed by atoms with Gasteiger partial charge in [0.25, 0.3) is 12.3 Å². The summed E-state index contributed by atoms with van der Waals surface area (Å²) in [5, 5.41) is 8.86. The average Bonchev–Trinajstić information content (AvgIpc) is 2.84. The number of alkyl halides is 2. The Hall–Kier alpha value is -1.96. The number of carboxylic acids is 1. The Balaban J connectivity index is 2.14. The van der Waals surface area contributed by atoms with E-state index < -0.39 is 35.8 Å². The number of carboxylic acid groups (broad SMARTS) is 1. The number of halogens is 2. The molecule has 1 aliphatic heterocycles. The van der Waals surface area contributed by atoms with E-state index in [4.69, 9.17) is 14.3 Å². The lowest BCUT2D eigenvalue weighted by atomic mass is 10.0. The van der Waals surface area contributed by atoms with Gasteiger partial charge in [-0.1, -0.05) is 0 Å². The van der Waals surface area contributed by atoms with Crippen LogP contribution < -0.4 is 0 Å². The molecule has 2 rings (SSSR count). The smallest absolute Gasteiger partial charge is 0.306 e. The van der Waals surface area contributed by atoms with E-state index >= 15 is 0 Å². The summed E-state index contributed by atoms with van der Waals surface area (Å²) in [6.45, 7) is 3.74. The number of aliphatic carboxylic acids is 1. The predicted molar refractivity (Wildman–Crippen MR) is 70.8 cm³/mol. The molecule has 1 aromatic heterocycles. The number of carbonyl (C=O) groups is 2. The van der Waals surface area contributed by atoms with Gasteiger partial charge < -0.3 is 19.2 Å². The van der Waals surface area contributed by atoms with E-state index in [1.165, 1.54) is 11.0 Å². The summed E-state index contributed by atoms with van der Waals surface area (Å²) in [6, 6.07) is 2.25. The third-order valence-electron chi connectivity index (χ3n) is 3.22. The minimum Gasteiger partial charge on any atom is -0.481 e. The molecule has 0 aromatic carbocycles. The van der Waals surface area contributed by atoms with E-state index in [1.807, 2.05) is 0 Å². The molecule has 1 N–H and O–H groups in total. The Morgan fingerprint density at radius 1 is 1.45 bits per heavy atom. The standard InChI is InChI=1S/C14H17F2NO5/c1-14(2)7-17(6-8(22-14)5-11(18)19)13(20)10-4-3-9(21-10)12(15)16/h3-4,8,12H,5-7H2,1-2H3,(H,18,19). The minimum absolute atomic E-state index is 0.0687. The predicted octanol–water partition coefficient (Wildman–Crippen LogP) is 2.31. The number of furan rings is 1. The highest BCUT2D eigenvalue weighted by atomic mass is 19.3. The van der Waals surface area contributed by atoms with Gasteiger partial charge in [0.1, 0.15) is 0 Å². The Morgan fingerprint density at radius 2 is 2.14 bits per heavy atom. The Kier molecular flexibility index (Phi) is 4.50. The molecular weight excluding hydrogens is 300 g/mol. The van der Waals surface area contributed by atoms with Crippen molar-refractivity contribution < 1.29 is 32.6 Å². The molecule has 0 spiro atoms. The van der Waals surface area contributed by atoms with Crippen molar-refractivity contribution in [2.24, 2.45) is 0 Å². The second-order valence-corrected chi connectivity index (χ2v) is 5.79. The Morgan fingerprint density at radius 3 is 2.68 bits per heavy atom. The molecule has 122 valence electrons. The zero-order chi connectivity index (χ0) is 16.5. The fourth-order valence-corrected chi connectivity index (χ4v) is 2.49. The van der Waals surface area contributed by atoms with Crippen LogP contribution in [0.5, 0.6) is 0 Å². The first-order chi connectivity index (χ1) is 10.2. The molecule has 8 heteroatoms. The van der Waals surface area contributed by atoms with Gasteiger partial charge in [-0.05, 0) is 26.0 Å². The van der Waals surface area contributed by atoms with E-state index in [0.717, 1.165) is 6.07 Å². The van der Waals surface area contributed by atoms with E-state index in [9.17, 15) is 18.4 Å². The normalized spacial score (nSPS) is 21.1. The van der Waals surface area contributed by atoms with E-state index in [2.05, 4.69) is 0 Å². The molecule has 1 fully saturated rings. The summed E-state index contributed by atoms with van der Waals surface area (Å²) in [4.78, 5) is 24.5. The number of hydrogen-bond acceptors (Lipinski definition) is 4. The molecule has 1 saturated heterocycles. The van der Waals surface area contributed by atoms with Crippen LogP contribution in [-0.2, 0) is 9.53 Å². The lowest BCUT2D eigenvalue weighted by Crippen LogP contribution is -2.55.